The molecule has 2 aromatic heterocycles. The number of hydrogen-bond donors (Lipinski definition) is 2. The molecule has 36 heavy (non-hydrogen) atoms. The molecule has 3 heterocycles. The van der Waals surface area contributed by atoms with Gasteiger partial charge in [-0.2, -0.15) is 0 Å². The van der Waals surface area contributed by atoms with Crippen LogP contribution in [0.1, 0.15) is 36.9 Å². The van der Waals surface area contributed by atoms with Crippen LogP contribution in [0.25, 0.3) is 11.3 Å². The Morgan fingerprint density at radius 3 is 2.64 bits per heavy atom. The molecule has 4 aromatic rings. The van der Waals surface area contributed by atoms with Gasteiger partial charge >= 0.3 is 0 Å². The van der Waals surface area contributed by atoms with Gasteiger partial charge in [0.25, 0.3) is 0 Å². The van der Waals surface area contributed by atoms with Crippen molar-refractivity contribution in [2.45, 2.75) is 25.4 Å². The van der Waals surface area contributed by atoms with Crippen LogP contribution in [0, 0.1) is 0 Å². The Morgan fingerprint density at radius 2 is 1.92 bits per heavy atom. The molecule has 5 rings (SSSR count). The molecule has 1 fully saturated rings. The van der Waals surface area contributed by atoms with Crippen molar-refractivity contribution < 1.29 is 13.9 Å². The first-order valence-corrected chi connectivity index (χ1v) is 12.1. The second-order valence-corrected chi connectivity index (χ2v) is 8.74. The summed E-state index contributed by atoms with van der Waals surface area (Å²) >= 11 is 5.81. The average Bonchev–Trinajstić information content (AvgIpc) is 3.54. The molecule has 0 saturated carbocycles. The number of methoxy groups -OCH3 is 1. The van der Waals surface area contributed by atoms with Crippen LogP contribution in [0.15, 0.2) is 89.5 Å². The lowest BCUT2D eigenvalue weighted by atomic mass is 10.0. The Balaban J connectivity index is 1.57. The van der Waals surface area contributed by atoms with Gasteiger partial charge in [-0.15, -0.1) is 0 Å². The summed E-state index contributed by atoms with van der Waals surface area (Å²) in [5, 5.41) is 6.86. The molecular weight excluding hydrogens is 472 g/mol. The van der Waals surface area contributed by atoms with Crippen LogP contribution in [0.3, 0.4) is 0 Å². The van der Waals surface area contributed by atoms with E-state index >= 15 is 0 Å². The summed E-state index contributed by atoms with van der Waals surface area (Å²) in [4.78, 5) is 18.6. The maximum absolute atomic E-state index is 12.0. The van der Waals surface area contributed by atoms with E-state index in [4.69, 9.17) is 21.4 Å². The van der Waals surface area contributed by atoms with Crippen LogP contribution in [0.4, 0.5) is 11.4 Å². The number of benzene rings is 2. The Bertz CT molecular complexity index is 1370. The molecule has 1 aliphatic heterocycles. The highest BCUT2D eigenvalue weighted by Gasteiger charge is 2.42. The number of amides is 1. The van der Waals surface area contributed by atoms with Crippen LogP contribution in [-0.2, 0) is 4.79 Å². The number of carbonyl (C=O) groups is 1. The van der Waals surface area contributed by atoms with Crippen LogP contribution >= 0.6 is 12.2 Å². The first-order chi connectivity index (χ1) is 17.6. The van der Waals surface area contributed by atoms with E-state index in [-0.39, 0.29) is 18.0 Å². The largest absolute Gasteiger partial charge is 0.494 e. The second kappa shape index (κ2) is 10.2. The standard InChI is InChI=1S/C28H26N4O3S/c1-3-25(33)30-20-13-12-19(17-24(20)34-2)32-27(26(31-28(32)36)21-11-7-8-16-29-21)23-15-14-22(35-23)18-9-5-4-6-10-18/h4-17,26-27H,3H2,1-2H3,(H,30,33)(H,31,36)/t26-,27-/m0/s1. The van der Waals surface area contributed by atoms with Gasteiger partial charge in [0.1, 0.15) is 23.3 Å². The molecule has 7 nitrogen and oxygen atoms in total. The lowest BCUT2D eigenvalue weighted by Crippen LogP contribution is -2.29. The molecule has 1 aliphatic rings. The van der Waals surface area contributed by atoms with Crippen molar-refractivity contribution in [2.24, 2.45) is 0 Å². The van der Waals surface area contributed by atoms with Crippen molar-refractivity contribution in [3.63, 3.8) is 0 Å². The van der Waals surface area contributed by atoms with Crippen molar-refractivity contribution in [1.82, 2.24) is 10.3 Å². The molecule has 2 N–H and O–H groups in total. The number of anilines is 2. The first-order valence-electron chi connectivity index (χ1n) is 11.7. The fraction of sp³-hybridized carbons (Fsp3) is 0.179. The maximum Gasteiger partial charge on any atom is 0.224 e. The number of hydrogen-bond acceptors (Lipinski definition) is 5. The lowest BCUT2D eigenvalue weighted by Gasteiger charge is -2.27. The number of nitrogens with zero attached hydrogens (tertiary/aromatic N) is 2. The summed E-state index contributed by atoms with van der Waals surface area (Å²) in [6.45, 7) is 1.81. The molecule has 0 radical (unpaired) electrons. The summed E-state index contributed by atoms with van der Waals surface area (Å²) in [5.41, 5.74) is 3.26. The highest BCUT2D eigenvalue weighted by Crippen LogP contribution is 2.44. The molecule has 0 spiro atoms. The first kappa shape index (κ1) is 23.6. The van der Waals surface area contributed by atoms with E-state index in [1.165, 1.54) is 0 Å². The zero-order valence-corrected chi connectivity index (χ0v) is 20.8. The topological polar surface area (TPSA) is 79.6 Å². The molecule has 2 aromatic carbocycles. The number of carbonyl (C=O) groups excluding carboxylic acids is 1. The smallest absolute Gasteiger partial charge is 0.224 e. The summed E-state index contributed by atoms with van der Waals surface area (Å²) in [7, 11) is 1.58. The molecule has 1 amide bonds. The number of rotatable bonds is 7. The van der Waals surface area contributed by atoms with Gasteiger partial charge < -0.3 is 24.7 Å². The Labute approximate surface area is 215 Å². The highest BCUT2D eigenvalue weighted by molar-refractivity contribution is 7.80. The molecule has 8 heteroatoms. The van der Waals surface area contributed by atoms with Crippen LogP contribution in [0.5, 0.6) is 5.75 Å². The second-order valence-electron chi connectivity index (χ2n) is 8.35. The zero-order chi connectivity index (χ0) is 25.1. The normalized spacial score (nSPS) is 17.1. The minimum atomic E-state index is -0.300. The van der Waals surface area contributed by atoms with E-state index in [9.17, 15) is 4.79 Å². The molecule has 1 saturated heterocycles. The number of furan rings is 1. The van der Waals surface area contributed by atoms with Crippen molar-refractivity contribution in [2.75, 3.05) is 17.3 Å². The van der Waals surface area contributed by atoms with Crippen LogP contribution < -0.4 is 20.3 Å². The number of thiocarbonyl (C=S) groups is 1. The summed E-state index contributed by atoms with van der Waals surface area (Å²) in [5.74, 6) is 1.98. The Morgan fingerprint density at radius 1 is 1.11 bits per heavy atom. The van der Waals surface area contributed by atoms with Gasteiger partial charge in [0.05, 0.1) is 24.5 Å². The third-order valence-electron chi connectivity index (χ3n) is 6.13. The van der Waals surface area contributed by atoms with Gasteiger partial charge in [0, 0.05) is 29.9 Å². The lowest BCUT2D eigenvalue weighted by molar-refractivity contribution is -0.115. The summed E-state index contributed by atoms with van der Waals surface area (Å²) in [6.07, 6.45) is 2.15. The number of ether oxygens (including phenoxy) is 1. The van der Waals surface area contributed by atoms with Gasteiger partial charge in [-0.1, -0.05) is 43.3 Å². The van der Waals surface area contributed by atoms with Gasteiger partial charge in [0.2, 0.25) is 5.91 Å². The molecule has 0 aliphatic carbocycles. The van der Waals surface area contributed by atoms with E-state index < -0.39 is 0 Å². The van der Waals surface area contributed by atoms with Crippen molar-refractivity contribution in [3.8, 4) is 17.1 Å². The SMILES string of the molecule is CCC(=O)Nc1ccc(N2C(=S)N[C@@H](c3ccccn3)[C@@H]2c2ccc(-c3ccccc3)o2)cc1OC. The third kappa shape index (κ3) is 4.55. The number of nitrogens with one attached hydrogen (secondary N) is 2. The Hall–Kier alpha value is -4.17. The van der Waals surface area contributed by atoms with Gasteiger partial charge in [-0.25, -0.2) is 0 Å². The van der Waals surface area contributed by atoms with E-state index in [0.29, 0.717) is 23.0 Å². The molecule has 182 valence electrons. The van der Waals surface area contributed by atoms with Gasteiger partial charge in [0.15, 0.2) is 5.11 Å². The maximum atomic E-state index is 12.0. The van der Waals surface area contributed by atoms with E-state index in [0.717, 1.165) is 28.5 Å². The van der Waals surface area contributed by atoms with E-state index in [2.05, 4.69) is 15.6 Å². The Kier molecular flexibility index (Phi) is 6.69. The van der Waals surface area contributed by atoms with Crippen molar-refractivity contribution in [1.29, 1.82) is 0 Å². The molecular formula is C28H26N4O3S. The number of aromatic nitrogens is 1. The third-order valence-corrected chi connectivity index (χ3v) is 6.45. The molecule has 0 unspecified atom stereocenters. The van der Waals surface area contributed by atoms with E-state index in [1.807, 2.05) is 83.8 Å². The van der Waals surface area contributed by atoms with Crippen molar-refractivity contribution in [3.05, 3.63) is 96.5 Å². The van der Waals surface area contributed by atoms with Gasteiger partial charge in [-0.3, -0.25) is 9.78 Å². The van der Waals surface area contributed by atoms with Gasteiger partial charge in [-0.05, 0) is 48.6 Å². The molecule has 0 bridgehead atoms. The predicted molar refractivity (Wildman–Crippen MR) is 144 cm³/mol. The number of pyridine rings is 1. The summed E-state index contributed by atoms with van der Waals surface area (Å²) < 4.78 is 12.0. The minimum absolute atomic E-state index is 0.0865. The fourth-order valence-corrected chi connectivity index (χ4v) is 4.71. The predicted octanol–water partition coefficient (Wildman–Crippen LogP) is 5.88. The minimum Gasteiger partial charge on any atom is -0.494 e. The highest BCUT2D eigenvalue weighted by atomic mass is 32.1. The quantitative estimate of drug-likeness (QED) is 0.308. The van der Waals surface area contributed by atoms with Crippen LogP contribution in [-0.4, -0.2) is 23.1 Å². The van der Waals surface area contributed by atoms with Crippen molar-refractivity contribution >= 4 is 34.6 Å². The zero-order valence-electron chi connectivity index (χ0n) is 20.0. The molecule has 2 atom stereocenters. The fourth-order valence-electron chi connectivity index (χ4n) is 4.36. The van der Waals surface area contributed by atoms with E-state index in [1.54, 1.807) is 20.2 Å². The monoisotopic (exact) mass is 498 g/mol. The summed E-state index contributed by atoms with van der Waals surface area (Å²) in [6, 6.07) is 24.8. The van der Waals surface area contributed by atoms with Crippen LogP contribution in [0.2, 0.25) is 0 Å². The average molecular weight is 499 g/mol.